The minimum Gasteiger partial charge on any atom is -0.349 e. The lowest BCUT2D eigenvalue weighted by Crippen LogP contribution is -2.29. The van der Waals surface area contributed by atoms with Crippen molar-refractivity contribution in [2.24, 2.45) is 5.92 Å². The maximum Gasteiger partial charge on any atom is 0.290 e. The third-order valence-corrected chi connectivity index (χ3v) is 3.38. The monoisotopic (exact) mass is 236 g/mol. The van der Waals surface area contributed by atoms with E-state index in [4.69, 9.17) is 0 Å². The quantitative estimate of drug-likeness (QED) is 0.791. The molecule has 1 amide bonds. The van der Waals surface area contributed by atoms with E-state index in [1.165, 1.54) is 0 Å². The van der Waals surface area contributed by atoms with E-state index >= 15 is 0 Å². The maximum atomic E-state index is 11.8. The van der Waals surface area contributed by atoms with Crippen molar-refractivity contribution in [3.63, 3.8) is 0 Å². The fraction of sp³-hybridized carbons (Fsp3) is 0.750. The molecule has 2 rings (SSSR count). The Bertz CT molecular complexity index is 380. The zero-order chi connectivity index (χ0) is 12.3. The first-order valence-corrected chi connectivity index (χ1v) is 6.45. The van der Waals surface area contributed by atoms with Gasteiger partial charge in [-0.1, -0.05) is 26.7 Å². The van der Waals surface area contributed by atoms with Gasteiger partial charge in [-0.05, 0) is 18.8 Å². The van der Waals surface area contributed by atoms with Crippen LogP contribution >= 0.6 is 0 Å². The average Bonchev–Trinajstić information content (AvgIpc) is 3.08. The predicted molar refractivity (Wildman–Crippen MR) is 64.8 cm³/mol. The second kappa shape index (κ2) is 5.29. The Hall–Kier alpha value is -1.39. The molecule has 0 saturated heterocycles. The molecule has 94 valence electrons. The number of rotatable bonds is 6. The normalized spacial score (nSPS) is 15.2. The van der Waals surface area contributed by atoms with Crippen molar-refractivity contribution in [3.05, 3.63) is 11.6 Å². The van der Waals surface area contributed by atoms with E-state index < -0.39 is 0 Å². The predicted octanol–water partition coefficient (Wildman–Crippen LogP) is 1.85. The van der Waals surface area contributed by atoms with E-state index in [2.05, 4.69) is 34.3 Å². The molecule has 1 fully saturated rings. The van der Waals surface area contributed by atoms with E-state index in [0.717, 1.165) is 31.5 Å². The number of hydrogen-bond donors (Lipinski definition) is 2. The highest BCUT2D eigenvalue weighted by atomic mass is 16.2. The van der Waals surface area contributed by atoms with Crippen LogP contribution in [0.3, 0.4) is 0 Å². The minimum atomic E-state index is -0.167. The number of nitrogens with one attached hydrogen (secondary N) is 2. The number of nitrogens with zero attached hydrogens (tertiary/aromatic N) is 2. The Morgan fingerprint density at radius 2 is 2.18 bits per heavy atom. The Balaban J connectivity index is 1.85. The zero-order valence-corrected chi connectivity index (χ0v) is 10.5. The van der Waals surface area contributed by atoms with Crippen LogP contribution in [0.15, 0.2) is 0 Å². The van der Waals surface area contributed by atoms with Gasteiger partial charge >= 0.3 is 0 Å². The molecule has 1 aliphatic carbocycles. The van der Waals surface area contributed by atoms with Gasteiger partial charge in [0, 0.05) is 12.5 Å². The summed E-state index contributed by atoms with van der Waals surface area (Å²) in [7, 11) is 0. The Morgan fingerprint density at radius 1 is 1.47 bits per heavy atom. The van der Waals surface area contributed by atoms with Gasteiger partial charge in [0.05, 0.1) is 0 Å². The van der Waals surface area contributed by atoms with Crippen LogP contribution in [0.25, 0.3) is 0 Å². The fourth-order valence-corrected chi connectivity index (χ4v) is 1.81. The van der Waals surface area contributed by atoms with E-state index in [9.17, 15) is 4.79 Å². The lowest BCUT2D eigenvalue weighted by molar-refractivity contribution is 0.0936. The third-order valence-electron chi connectivity index (χ3n) is 3.38. The fourth-order valence-electron chi connectivity index (χ4n) is 1.81. The number of aromatic amines is 1. The molecule has 0 spiro atoms. The molecule has 2 N–H and O–H groups in total. The molecule has 5 heteroatoms. The van der Waals surface area contributed by atoms with Crippen molar-refractivity contribution >= 4 is 5.91 Å². The van der Waals surface area contributed by atoms with E-state index in [1.807, 2.05) is 0 Å². The highest BCUT2D eigenvalue weighted by Gasteiger charge is 2.28. The molecule has 0 aliphatic heterocycles. The zero-order valence-electron chi connectivity index (χ0n) is 10.5. The molecule has 17 heavy (non-hydrogen) atoms. The van der Waals surface area contributed by atoms with Gasteiger partial charge in [0.25, 0.3) is 5.91 Å². The highest BCUT2D eigenvalue weighted by Crippen LogP contribution is 2.37. The molecule has 0 unspecified atom stereocenters. The molecular weight excluding hydrogens is 216 g/mol. The van der Waals surface area contributed by atoms with Gasteiger partial charge < -0.3 is 5.32 Å². The molecule has 1 saturated carbocycles. The number of carbonyl (C=O) groups is 1. The summed E-state index contributed by atoms with van der Waals surface area (Å²) in [6, 6.07) is 0. The first-order chi connectivity index (χ1) is 8.24. The molecule has 0 bridgehead atoms. The van der Waals surface area contributed by atoms with Crippen molar-refractivity contribution in [2.75, 3.05) is 6.54 Å². The second-order valence-electron chi connectivity index (χ2n) is 4.71. The van der Waals surface area contributed by atoms with Crippen molar-refractivity contribution in [1.29, 1.82) is 0 Å². The van der Waals surface area contributed by atoms with Crippen LogP contribution in [0.5, 0.6) is 0 Å². The first-order valence-electron chi connectivity index (χ1n) is 6.45. The molecule has 0 radical (unpaired) electrons. The Kier molecular flexibility index (Phi) is 3.76. The number of aromatic nitrogens is 3. The molecular formula is C12H20N4O. The van der Waals surface area contributed by atoms with Crippen LogP contribution < -0.4 is 5.32 Å². The number of hydrogen-bond acceptors (Lipinski definition) is 3. The standard InChI is InChI=1S/C12H20N4O/c1-3-8(4-2)7-13-12(17)11-14-10(15-16-11)9-5-6-9/h8-9H,3-7H2,1-2H3,(H,13,17)(H,14,15,16). The Morgan fingerprint density at radius 3 is 2.76 bits per heavy atom. The number of H-pyrrole nitrogens is 1. The summed E-state index contributed by atoms with van der Waals surface area (Å²) < 4.78 is 0. The third kappa shape index (κ3) is 3.05. The van der Waals surface area contributed by atoms with Gasteiger partial charge in [-0.3, -0.25) is 9.89 Å². The van der Waals surface area contributed by atoms with Gasteiger partial charge in [-0.15, -0.1) is 5.10 Å². The van der Waals surface area contributed by atoms with Gasteiger partial charge in [-0.2, -0.15) is 0 Å². The lowest BCUT2D eigenvalue weighted by atomic mass is 10.0. The van der Waals surface area contributed by atoms with Crippen LogP contribution in [-0.2, 0) is 0 Å². The summed E-state index contributed by atoms with van der Waals surface area (Å²) in [6.45, 7) is 4.98. The molecule has 0 atom stereocenters. The van der Waals surface area contributed by atoms with E-state index in [0.29, 0.717) is 18.4 Å². The molecule has 1 aliphatic rings. The number of carbonyl (C=O) groups excluding carboxylic acids is 1. The Labute approximate surface area is 101 Å². The van der Waals surface area contributed by atoms with Gasteiger partial charge in [-0.25, -0.2) is 4.98 Å². The van der Waals surface area contributed by atoms with Crippen molar-refractivity contribution in [2.45, 2.75) is 45.4 Å². The van der Waals surface area contributed by atoms with Gasteiger partial charge in [0.2, 0.25) is 5.82 Å². The van der Waals surface area contributed by atoms with Gasteiger partial charge in [0.1, 0.15) is 5.82 Å². The van der Waals surface area contributed by atoms with Crippen LogP contribution in [0.1, 0.15) is 61.9 Å². The number of amides is 1. The van der Waals surface area contributed by atoms with Crippen LogP contribution in [0, 0.1) is 5.92 Å². The van der Waals surface area contributed by atoms with Crippen molar-refractivity contribution < 1.29 is 4.79 Å². The summed E-state index contributed by atoms with van der Waals surface area (Å²) >= 11 is 0. The SMILES string of the molecule is CCC(CC)CNC(=O)c1n[nH]c(C2CC2)n1. The average molecular weight is 236 g/mol. The van der Waals surface area contributed by atoms with E-state index in [1.54, 1.807) is 0 Å². The summed E-state index contributed by atoms with van der Waals surface area (Å²) in [5, 5.41) is 9.69. The summed E-state index contributed by atoms with van der Waals surface area (Å²) in [4.78, 5) is 16.0. The van der Waals surface area contributed by atoms with Crippen molar-refractivity contribution in [3.8, 4) is 0 Å². The molecule has 1 heterocycles. The largest absolute Gasteiger partial charge is 0.349 e. The minimum absolute atomic E-state index is 0.167. The summed E-state index contributed by atoms with van der Waals surface area (Å²) in [6.07, 6.45) is 4.48. The molecule has 1 aromatic rings. The lowest BCUT2D eigenvalue weighted by Gasteiger charge is -2.11. The molecule has 0 aromatic carbocycles. The highest BCUT2D eigenvalue weighted by molar-refractivity contribution is 5.90. The maximum absolute atomic E-state index is 11.8. The molecule has 1 aromatic heterocycles. The van der Waals surface area contributed by atoms with Crippen LogP contribution in [0.4, 0.5) is 0 Å². The summed E-state index contributed by atoms with van der Waals surface area (Å²) in [5.74, 6) is 2.01. The summed E-state index contributed by atoms with van der Waals surface area (Å²) in [5.41, 5.74) is 0. The second-order valence-corrected chi connectivity index (χ2v) is 4.71. The first kappa shape index (κ1) is 12.1. The smallest absolute Gasteiger partial charge is 0.290 e. The van der Waals surface area contributed by atoms with Crippen LogP contribution in [0.2, 0.25) is 0 Å². The topological polar surface area (TPSA) is 70.7 Å². The van der Waals surface area contributed by atoms with E-state index in [-0.39, 0.29) is 11.7 Å². The van der Waals surface area contributed by atoms with Gasteiger partial charge in [0.15, 0.2) is 0 Å². The van der Waals surface area contributed by atoms with Crippen molar-refractivity contribution in [1.82, 2.24) is 20.5 Å². The van der Waals surface area contributed by atoms with Crippen LogP contribution in [-0.4, -0.2) is 27.6 Å². The molecule has 5 nitrogen and oxygen atoms in total.